The molecule has 0 aliphatic rings. The van der Waals surface area contributed by atoms with Crippen LogP contribution >= 0.6 is 19.6 Å². The first-order valence-electron chi connectivity index (χ1n) is 3.48. The summed E-state index contributed by atoms with van der Waals surface area (Å²) in [5.41, 5.74) is 0.0470. The zero-order valence-electron chi connectivity index (χ0n) is 6.62. The summed E-state index contributed by atoms with van der Waals surface area (Å²) in [5.74, 6) is 0.391. The second kappa shape index (κ2) is 6.78. The maximum atomic E-state index is 11.1. The Morgan fingerprint density at radius 3 is 2.91 bits per heavy atom. The first-order chi connectivity index (χ1) is 5.22. The second-order valence-corrected chi connectivity index (χ2v) is 4.27. The Kier molecular flexibility index (Phi) is 6.83. The van der Waals surface area contributed by atoms with Gasteiger partial charge in [0.2, 0.25) is 0 Å². The average Bonchev–Trinajstić information content (AvgIpc) is 2.00. The Labute approximate surface area is 73.4 Å². The fourth-order valence-corrected chi connectivity index (χ4v) is 1.61. The molecular weight excluding hydrogens is 183 g/mol. The number of hydrogen-bond donors (Lipinski definition) is 0. The minimum atomic E-state index is -1.56. The van der Waals surface area contributed by atoms with Crippen LogP contribution in [-0.4, -0.2) is 18.1 Å². The number of allylic oxidation sites excluding steroid dienone is 1. The van der Waals surface area contributed by atoms with Gasteiger partial charge in [-0.25, -0.2) is 0 Å². The summed E-state index contributed by atoms with van der Waals surface area (Å²) in [6, 6.07) is 0. The third-order valence-corrected chi connectivity index (χ3v) is 2.69. The summed E-state index contributed by atoms with van der Waals surface area (Å²) in [6.07, 6.45) is 2.46. The van der Waals surface area contributed by atoms with Crippen LogP contribution in [0.25, 0.3) is 0 Å². The van der Waals surface area contributed by atoms with Crippen molar-refractivity contribution in [2.45, 2.75) is 19.0 Å². The molecule has 0 aliphatic carbocycles. The summed E-state index contributed by atoms with van der Waals surface area (Å²) < 4.78 is 16.0. The van der Waals surface area contributed by atoms with Crippen LogP contribution in [0, 0.1) is 0 Å². The molecule has 0 spiro atoms. The summed E-state index contributed by atoms with van der Waals surface area (Å²) >= 11 is 5.35. The normalized spacial score (nSPS) is 14.2. The van der Waals surface area contributed by atoms with Gasteiger partial charge < -0.3 is 0 Å². The minimum absolute atomic E-state index is 0.0470. The lowest BCUT2D eigenvalue weighted by Crippen LogP contribution is -1.97. The van der Waals surface area contributed by atoms with E-state index in [1.165, 1.54) is 0 Å². The van der Waals surface area contributed by atoms with Crippen molar-refractivity contribution in [2.24, 2.45) is 0 Å². The van der Waals surface area contributed by atoms with Crippen molar-refractivity contribution in [3.8, 4) is 0 Å². The molecule has 2 unspecified atom stereocenters. The van der Waals surface area contributed by atoms with Crippen LogP contribution in [0.1, 0.15) is 13.3 Å². The molecule has 0 amide bonds. The smallest absolute Gasteiger partial charge is 0.145 e. The van der Waals surface area contributed by atoms with E-state index in [-0.39, 0.29) is 5.66 Å². The van der Waals surface area contributed by atoms with Gasteiger partial charge in [-0.1, -0.05) is 6.08 Å². The highest BCUT2D eigenvalue weighted by atomic mass is 35.5. The molecule has 11 heavy (non-hydrogen) atoms. The third-order valence-electron chi connectivity index (χ3n) is 1.16. The topological polar surface area (TPSA) is 26.3 Å². The summed E-state index contributed by atoms with van der Waals surface area (Å²) in [5, 5.41) is 0. The molecule has 0 aliphatic heterocycles. The van der Waals surface area contributed by atoms with E-state index in [2.05, 4.69) is 6.58 Å². The Hall–Kier alpha value is 0.0900. The van der Waals surface area contributed by atoms with Crippen LogP contribution in [0.2, 0.25) is 0 Å². The molecule has 0 aromatic carbocycles. The molecule has 0 radical (unpaired) electrons. The Bertz CT molecular complexity index is 138. The van der Waals surface area contributed by atoms with Gasteiger partial charge in [0, 0.05) is 6.42 Å². The Morgan fingerprint density at radius 2 is 2.45 bits per heavy atom. The highest BCUT2D eigenvalue weighted by Gasteiger charge is 2.25. The van der Waals surface area contributed by atoms with E-state index in [0.29, 0.717) is 12.5 Å². The monoisotopic (exact) mass is 195 g/mol. The van der Waals surface area contributed by atoms with Crippen LogP contribution in [-0.2, 0) is 9.09 Å². The van der Waals surface area contributed by atoms with Crippen molar-refractivity contribution < 1.29 is 9.09 Å². The number of alkyl halides is 1. The molecule has 0 aromatic rings. The van der Waals surface area contributed by atoms with E-state index < -0.39 is 8.03 Å². The summed E-state index contributed by atoms with van der Waals surface area (Å²) in [4.78, 5) is 0. The van der Waals surface area contributed by atoms with Gasteiger partial charge in [0.1, 0.15) is 6.61 Å². The fourth-order valence-electron chi connectivity index (χ4n) is 0.579. The minimum Gasteiger partial charge on any atom is -0.145 e. The molecular formula is C7H13ClO2P+. The fraction of sp³-hybridized carbons (Fsp3) is 0.714. The summed E-state index contributed by atoms with van der Waals surface area (Å²) in [6.45, 7) is 5.78. The van der Waals surface area contributed by atoms with E-state index >= 15 is 0 Å². The number of rotatable bonds is 6. The molecule has 0 aromatic heterocycles. The van der Waals surface area contributed by atoms with Crippen LogP contribution in [0.15, 0.2) is 12.7 Å². The molecule has 64 valence electrons. The highest BCUT2D eigenvalue weighted by Crippen LogP contribution is 2.31. The number of halogens is 1. The van der Waals surface area contributed by atoms with Crippen LogP contribution in [0.4, 0.5) is 0 Å². The van der Waals surface area contributed by atoms with Crippen LogP contribution < -0.4 is 0 Å². The molecule has 0 fully saturated rings. The maximum Gasteiger partial charge on any atom is 0.511 e. The number of hydrogen-bond acceptors (Lipinski definition) is 2. The maximum absolute atomic E-state index is 11.1. The van der Waals surface area contributed by atoms with Crippen LogP contribution in [0.3, 0.4) is 0 Å². The zero-order chi connectivity index (χ0) is 8.69. The van der Waals surface area contributed by atoms with E-state index in [0.717, 1.165) is 6.42 Å². The van der Waals surface area contributed by atoms with Crippen molar-refractivity contribution in [1.29, 1.82) is 0 Å². The molecule has 0 saturated carbocycles. The van der Waals surface area contributed by atoms with E-state index in [4.69, 9.17) is 16.1 Å². The first kappa shape index (κ1) is 11.1. The predicted molar refractivity (Wildman–Crippen MR) is 48.6 cm³/mol. The quantitative estimate of drug-likeness (QED) is 0.370. The van der Waals surface area contributed by atoms with Crippen molar-refractivity contribution in [1.82, 2.24) is 0 Å². The van der Waals surface area contributed by atoms with Gasteiger partial charge in [-0.15, -0.1) is 22.7 Å². The van der Waals surface area contributed by atoms with Gasteiger partial charge in [-0.3, -0.25) is 0 Å². The Morgan fingerprint density at radius 1 is 1.82 bits per heavy atom. The van der Waals surface area contributed by atoms with E-state index in [1.54, 1.807) is 6.08 Å². The van der Waals surface area contributed by atoms with Gasteiger partial charge in [-0.2, -0.15) is 0 Å². The predicted octanol–water partition coefficient (Wildman–Crippen LogP) is 2.95. The molecule has 0 bridgehead atoms. The van der Waals surface area contributed by atoms with Crippen molar-refractivity contribution in [2.75, 3.05) is 12.5 Å². The molecule has 0 saturated heterocycles. The average molecular weight is 196 g/mol. The van der Waals surface area contributed by atoms with Gasteiger partial charge in [0.25, 0.3) is 0 Å². The molecule has 2 nitrogen and oxygen atoms in total. The van der Waals surface area contributed by atoms with E-state index in [9.17, 15) is 4.57 Å². The Balaban J connectivity index is 3.54. The molecule has 0 rings (SSSR count). The van der Waals surface area contributed by atoms with Gasteiger partial charge in [-0.05, 0) is 11.5 Å². The standard InChI is InChI=1S/C7H13ClO2P/c1-3-4-7(2)11(9)10-6-5-8/h3,7H,1,4-6H2,2H3/q+1. The van der Waals surface area contributed by atoms with E-state index in [1.807, 2.05) is 6.92 Å². The van der Waals surface area contributed by atoms with Gasteiger partial charge >= 0.3 is 8.03 Å². The lowest BCUT2D eigenvalue weighted by atomic mass is 10.3. The van der Waals surface area contributed by atoms with Crippen LogP contribution in [0.5, 0.6) is 0 Å². The largest absolute Gasteiger partial charge is 0.511 e. The lowest BCUT2D eigenvalue weighted by Gasteiger charge is -1.93. The molecule has 0 heterocycles. The molecule has 4 heteroatoms. The van der Waals surface area contributed by atoms with Gasteiger partial charge in [0.05, 0.1) is 5.88 Å². The third kappa shape index (κ3) is 5.37. The van der Waals surface area contributed by atoms with Crippen molar-refractivity contribution in [3.05, 3.63) is 12.7 Å². The second-order valence-electron chi connectivity index (χ2n) is 2.18. The zero-order valence-corrected chi connectivity index (χ0v) is 8.28. The first-order valence-corrected chi connectivity index (χ1v) is 5.26. The molecule has 0 N–H and O–H groups in total. The highest BCUT2D eigenvalue weighted by molar-refractivity contribution is 7.40. The summed E-state index contributed by atoms with van der Waals surface area (Å²) in [7, 11) is -1.56. The molecule has 2 atom stereocenters. The van der Waals surface area contributed by atoms with Crippen molar-refractivity contribution >= 4 is 19.6 Å². The SMILES string of the molecule is C=CCC(C)[P+](=O)OCCCl. The van der Waals surface area contributed by atoms with Gasteiger partial charge in [0.15, 0.2) is 5.66 Å². The lowest BCUT2D eigenvalue weighted by molar-refractivity contribution is 0.347. The van der Waals surface area contributed by atoms with Crippen molar-refractivity contribution in [3.63, 3.8) is 0 Å².